The highest BCUT2D eigenvalue weighted by molar-refractivity contribution is 7.99. The lowest BCUT2D eigenvalue weighted by Gasteiger charge is -2.12. The van der Waals surface area contributed by atoms with Gasteiger partial charge in [-0.15, -0.1) is 11.8 Å². The Morgan fingerprint density at radius 2 is 2.26 bits per heavy atom. The highest BCUT2D eigenvalue weighted by Crippen LogP contribution is 2.26. The summed E-state index contributed by atoms with van der Waals surface area (Å²) in [5.74, 6) is 0.748. The summed E-state index contributed by atoms with van der Waals surface area (Å²) < 4.78 is 2.13. The van der Waals surface area contributed by atoms with E-state index in [9.17, 15) is 4.79 Å². The highest BCUT2D eigenvalue weighted by Gasteiger charge is 2.13. The summed E-state index contributed by atoms with van der Waals surface area (Å²) in [6.07, 6.45) is 0. The Morgan fingerprint density at radius 3 is 2.89 bits per heavy atom. The molecule has 0 saturated carbocycles. The van der Waals surface area contributed by atoms with Crippen LogP contribution in [0.5, 0.6) is 0 Å². The van der Waals surface area contributed by atoms with Crippen LogP contribution < -0.4 is 0 Å². The van der Waals surface area contributed by atoms with Crippen LogP contribution in [0.4, 0.5) is 0 Å². The number of rotatable bonds is 5. The second kappa shape index (κ2) is 5.84. The molecule has 0 bridgehead atoms. The van der Waals surface area contributed by atoms with Gasteiger partial charge in [0.15, 0.2) is 0 Å². The van der Waals surface area contributed by atoms with Crippen LogP contribution in [-0.2, 0) is 10.5 Å². The monoisotopic (exact) mass is 298 g/mol. The van der Waals surface area contributed by atoms with Crippen LogP contribution in [0.2, 0.25) is 5.02 Å². The first-order valence-corrected chi connectivity index (χ1v) is 7.48. The van der Waals surface area contributed by atoms with Crippen molar-refractivity contribution in [2.75, 3.05) is 5.75 Å². The molecule has 1 N–H and O–H groups in total. The standard InChI is InChI=1S/C13H15ClN2O2S/c1-8(2)16-11-4-3-9(14)5-10(11)15-12(16)6-19-7-13(17)18/h3-5,8H,6-7H2,1-2H3,(H,17,18). The van der Waals surface area contributed by atoms with Gasteiger partial charge in [-0.3, -0.25) is 4.79 Å². The number of aromatic nitrogens is 2. The molecule has 0 saturated heterocycles. The molecule has 1 aromatic carbocycles. The molecule has 1 heterocycles. The Bertz CT molecular complexity index is 610. The van der Waals surface area contributed by atoms with E-state index in [0.717, 1.165) is 16.9 Å². The highest BCUT2D eigenvalue weighted by atomic mass is 35.5. The fraction of sp³-hybridized carbons (Fsp3) is 0.385. The molecule has 0 radical (unpaired) electrons. The molecular formula is C13H15ClN2O2S. The molecule has 0 aliphatic carbocycles. The van der Waals surface area contributed by atoms with Crippen molar-refractivity contribution in [3.63, 3.8) is 0 Å². The van der Waals surface area contributed by atoms with E-state index in [4.69, 9.17) is 16.7 Å². The van der Waals surface area contributed by atoms with Crippen molar-refractivity contribution >= 4 is 40.4 Å². The molecule has 0 aliphatic rings. The normalized spacial score (nSPS) is 11.4. The number of carboxylic acid groups (broad SMARTS) is 1. The third-order valence-corrected chi connectivity index (χ3v) is 3.85. The lowest BCUT2D eigenvalue weighted by Crippen LogP contribution is -2.06. The fourth-order valence-corrected chi connectivity index (χ4v) is 2.86. The predicted octanol–water partition coefficient (Wildman–Crippen LogP) is 3.59. The maximum absolute atomic E-state index is 10.6. The van der Waals surface area contributed by atoms with Gasteiger partial charge in [-0.1, -0.05) is 11.6 Å². The third kappa shape index (κ3) is 3.22. The Labute approximate surface area is 120 Å². The second-order valence-electron chi connectivity index (χ2n) is 4.51. The molecule has 1 aromatic heterocycles. The number of hydrogen-bond donors (Lipinski definition) is 1. The average molecular weight is 299 g/mol. The van der Waals surface area contributed by atoms with Gasteiger partial charge in [0.05, 0.1) is 22.5 Å². The first-order valence-electron chi connectivity index (χ1n) is 5.95. The third-order valence-electron chi connectivity index (χ3n) is 2.70. The van der Waals surface area contributed by atoms with Gasteiger partial charge in [0, 0.05) is 11.1 Å². The van der Waals surface area contributed by atoms with Crippen molar-refractivity contribution in [1.29, 1.82) is 0 Å². The van der Waals surface area contributed by atoms with Crippen LogP contribution in [0.25, 0.3) is 11.0 Å². The van der Waals surface area contributed by atoms with E-state index in [-0.39, 0.29) is 11.8 Å². The number of fused-ring (bicyclic) bond motifs is 1. The molecule has 0 spiro atoms. The zero-order chi connectivity index (χ0) is 14.0. The molecule has 4 nitrogen and oxygen atoms in total. The zero-order valence-corrected chi connectivity index (χ0v) is 12.3. The lowest BCUT2D eigenvalue weighted by atomic mass is 10.3. The van der Waals surface area contributed by atoms with Crippen LogP contribution in [0.1, 0.15) is 25.7 Å². The van der Waals surface area contributed by atoms with Crippen LogP contribution in [0.15, 0.2) is 18.2 Å². The molecule has 0 unspecified atom stereocenters. The molecule has 0 aliphatic heterocycles. The van der Waals surface area contributed by atoms with Crippen molar-refractivity contribution in [2.45, 2.75) is 25.6 Å². The molecule has 0 atom stereocenters. The molecule has 102 valence electrons. The Kier molecular flexibility index (Phi) is 4.37. The van der Waals surface area contributed by atoms with E-state index in [1.807, 2.05) is 18.2 Å². The molecule has 0 amide bonds. The van der Waals surface area contributed by atoms with Gasteiger partial charge in [0.25, 0.3) is 0 Å². The van der Waals surface area contributed by atoms with Gasteiger partial charge in [-0.25, -0.2) is 4.98 Å². The molecule has 2 aromatic rings. The number of aliphatic carboxylic acids is 1. The molecule has 2 rings (SSSR count). The van der Waals surface area contributed by atoms with Crippen LogP contribution in [0.3, 0.4) is 0 Å². The number of thioether (sulfide) groups is 1. The van der Waals surface area contributed by atoms with Crippen LogP contribution in [-0.4, -0.2) is 26.4 Å². The van der Waals surface area contributed by atoms with E-state index in [1.54, 1.807) is 0 Å². The zero-order valence-electron chi connectivity index (χ0n) is 10.8. The Hall–Kier alpha value is -1.20. The predicted molar refractivity (Wildman–Crippen MR) is 78.9 cm³/mol. The molecule has 19 heavy (non-hydrogen) atoms. The van der Waals surface area contributed by atoms with Crippen LogP contribution in [0, 0.1) is 0 Å². The fourth-order valence-electron chi connectivity index (χ4n) is 2.03. The van der Waals surface area contributed by atoms with Crippen molar-refractivity contribution in [3.8, 4) is 0 Å². The minimum Gasteiger partial charge on any atom is -0.481 e. The van der Waals surface area contributed by atoms with E-state index >= 15 is 0 Å². The van der Waals surface area contributed by atoms with Gasteiger partial charge < -0.3 is 9.67 Å². The van der Waals surface area contributed by atoms with E-state index in [0.29, 0.717) is 10.8 Å². The van der Waals surface area contributed by atoms with E-state index < -0.39 is 5.97 Å². The maximum Gasteiger partial charge on any atom is 0.313 e. The van der Waals surface area contributed by atoms with Gasteiger partial charge in [0.1, 0.15) is 5.82 Å². The number of benzene rings is 1. The number of halogens is 1. The van der Waals surface area contributed by atoms with Gasteiger partial charge in [-0.2, -0.15) is 0 Å². The summed E-state index contributed by atoms with van der Waals surface area (Å²) in [4.78, 5) is 15.1. The molecule has 6 heteroatoms. The molecule has 0 fully saturated rings. The summed E-state index contributed by atoms with van der Waals surface area (Å²) in [7, 11) is 0. The smallest absolute Gasteiger partial charge is 0.313 e. The first kappa shape index (κ1) is 14.2. The SMILES string of the molecule is CC(C)n1c(CSCC(=O)O)nc2cc(Cl)ccc21. The van der Waals surface area contributed by atoms with Crippen molar-refractivity contribution < 1.29 is 9.90 Å². The number of hydrogen-bond acceptors (Lipinski definition) is 3. The second-order valence-corrected chi connectivity index (χ2v) is 5.93. The summed E-state index contributed by atoms with van der Waals surface area (Å²) in [5, 5.41) is 9.34. The van der Waals surface area contributed by atoms with Gasteiger partial charge in [-0.05, 0) is 32.0 Å². The first-order chi connectivity index (χ1) is 8.99. The minimum absolute atomic E-state index is 0.0854. The summed E-state index contributed by atoms with van der Waals surface area (Å²) >= 11 is 7.32. The number of imidazole rings is 1. The van der Waals surface area contributed by atoms with Crippen LogP contribution >= 0.6 is 23.4 Å². The van der Waals surface area contributed by atoms with E-state index in [1.165, 1.54) is 11.8 Å². The average Bonchev–Trinajstić information content (AvgIpc) is 2.65. The molecular weight excluding hydrogens is 284 g/mol. The van der Waals surface area contributed by atoms with Gasteiger partial charge >= 0.3 is 5.97 Å². The summed E-state index contributed by atoms with van der Waals surface area (Å²) in [6.45, 7) is 4.17. The topological polar surface area (TPSA) is 55.1 Å². The Morgan fingerprint density at radius 1 is 1.53 bits per heavy atom. The van der Waals surface area contributed by atoms with Crippen molar-refractivity contribution in [2.24, 2.45) is 0 Å². The lowest BCUT2D eigenvalue weighted by molar-refractivity contribution is -0.133. The number of carbonyl (C=O) groups is 1. The minimum atomic E-state index is -0.805. The maximum atomic E-state index is 10.6. The summed E-state index contributed by atoms with van der Waals surface area (Å²) in [5.41, 5.74) is 1.89. The quantitative estimate of drug-likeness (QED) is 0.916. The number of nitrogens with zero attached hydrogens (tertiary/aromatic N) is 2. The Balaban J connectivity index is 2.36. The largest absolute Gasteiger partial charge is 0.481 e. The van der Waals surface area contributed by atoms with Crippen molar-refractivity contribution in [3.05, 3.63) is 29.0 Å². The van der Waals surface area contributed by atoms with E-state index in [2.05, 4.69) is 23.4 Å². The van der Waals surface area contributed by atoms with Crippen molar-refractivity contribution in [1.82, 2.24) is 9.55 Å². The number of carboxylic acids is 1. The van der Waals surface area contributed by atoms with Gasteiger partial charge in [0.2, 0.25) is 0 Å². The summed E-state index contributed by atoms with van der Waals surface area (Å²) in [6, 6.07) is 5.90.